The van der Waals surface area contributed by atoms with Crippen molar-refractivity contribution in [2.24, 2.45) is 0 Å². The first-order valence-electron chi connectivity index (χ1n) is 6.22. The summed E-state index contributed by atoms with van der Waals surface area (Å²) in [6.45, 7) is 2.35. The maximum atomic E-state index is 12.1. The number of hydrogen-bond acceptors (Lipinski definition) is 5. The van der Waals surface area contributed by atoms with Gasteiger partial charge in [-0.05, 0) is 31.5 Å². The summed E-state index contributed by atoms with van der Waals surface area (Å²) in [4.78, 5) is 11.8. The molecule has 0 aliphatic carbocycles. The molecule has 118 valence electrons. The predicted molar refractivity (Wildman–Crippen MR) is 79.5 cm³/mol. The van der Waals surface area contributed by atoms with Crippen molar-refractivity contribution in [3.63, 3.8) is 0 Å². The molecule has 0 bridgehead atoms. The fourth-order valence-electron chi connectivity index (χ4n) is 1.68. The third-order valence-electron chi connectivity index (χ3n) is 2.82. The van der Waals surface area contributed by atoms with E-state index in [0.717, 1.165) is 0 Å². The summed E-state index contributed by atoms with van der Waals surface area (Å²) in [6, 6.07) is 3.96. The molecule has 0 saturated carbocycles. The summed E-state index contributed by atoms with van der Waals surface area (Å²) in [7, 11) is 4.25. The van der Waals surface area contributed by atoms with Gasteiger partial charge in [-0.15, -0.1) is 0 Å². The maximum absolute atomic E-state index is 12.1. The van der Waals surface area contributed by atoms with Crippen molar-refractivity contribution >= 4 is 25.6 Å². The van der Waals surface area contributed by atoms with Crippen LogP contribution in [0.4, 0.5) is 0 Å². The first-order chi connectivity index (χ1) is 9.79. The van der Waals surface area contributed by atoms with E-state index in [1.54, 1.807) is 7.11 Å². The Morgan fingerprint density at radius 2 is 2.05 bits per heavy atom. The molecule has 0 fully saturated rings. The summed E-state index contributed by atoms with van der Waals surface area (Å²) in [5, 5.41) is 2.75. The first kappa shape index (κ1) is 17.7. The largest absolute Gasteiger partial charge is 0.495 e. The normalized spacial score (nSPS) is 12.8. The minimum Gasteiger partial charge on any atom is -0.495 e. The SMILES string of the molecule is COCCC(C)NC(=O)c1ccc(OC)c(S(=O)(=O)Cl)c1. The zero-order valence-corrected chi connectivity index (χ0v) is 13.6. The summed E-state index contributed by atoms with van der Waals surface area (Å²) in [5.41, 5.74) is 0.194. The van der Waals surface area contributed by atoms with Crippen LogP contribution in [0.3, 0.4) is 0 Å². The van der Waals surface area contributed by atoms with E-state index in [-0.39, 0.29) is 28.2 Å². The first-order valence-corrected chi connectivity index (χ1v) is 8.53. The highest BCUT2D eigenvalue weighted by Gasteiger charge is 2.20. The van der Waals surface area contributed by atoms with Crippen LogP contribution >= 0.6 is 10.7 Å². The molecule has 0 aromatic heterocycles. The van der Waals surface area contributed by atoms with Crippen LogP contribution in [-0.2, 0) is 13.8 Å². The van der Waals surface area contributed by atoms with Crippen molar-refractivity contribution < 1.29 is 22.7 Å². The van der Waals surface area contributed by atoms with E-state index < -0.39 is 9.05 Å². The Balaban J connectivity index is 2.96. The Morgan fingerprint density at radius 1 is 1.38 bits per heavy atom. The van der Waals surface area contributed by atoms with Gasteiger partial charge >= 0.3 is 0 Å². The summed E-state index contributed by atoms with van der Waals surface area (Å²) >= 11 is 0. The molecule has 6 nitrogen and oxygen atoms in total. The molecule has 1 atom stereocenters. The van der Waals surface area contributed by atoms with E-state index in [4.69, 9.17) is 20.2 Å². The molecule has 0 saturated heterocycles. The number of hydrogen-bond donors (Lipinski definition) is 1. The molecule has 8 heteroatoms. The molecule has 0 heterocycles. The average Bonchev–Trinajstić information content (AvgIpc) is 2.43. The van der Waals surface area contributed by atoms with Crippen LogP contribution in [-0.4, -0.2) is 41.2 Å². The Bertz CT molecular complexity index is 603. The highest BCUT2D eigenvalue weighted by atomic mass is 35.7. The quantitative estimate of drug-likeness (QED) is 0.768. The summed E-state index contributed by atoms with van der Waals surface area (Å²) in [5.74, 6) is -0.295. The lowest BCUT2D eigenvalue weighted by Gasteiger charge is -2.14. The molecule has 0 aliphatic heterocycles. The molecule has 21 heavy (non-hydrogen) atoms. The number of methoxy groups -OCH3 is 2. The monoisotopic (exact) mass is 335 g/mol. The van der Waals surface area contributed by atoms with E-state index in [1.165, 1.54) is 25.3 Å². The van der Waals surface area contributed by atoms with Crippen LogP contribution < -0.4 is 10.1 Å². The van der Waals surface area contributed by atoms with Gasteiger partial charge in [-0.3, -0.25) is 4.79 Å². The molecule has 1 unspecified atom stereocenters. The van der Waals surface area contributed by atoms with Gasteiger partial charge in [-0.1, -0.05) is 0 Å². The van der Waals surface area contributed by atoms with Crippen LogP contribution in [0.1, 0.15) is 23.7 Å². The van der Waals surface area contributed by atoms with Crippen molar-refractivity contribution in [1.82, 2.24) is 5.32 Å². The van der Waals surface area contributed by atoms with Crippen LogP contribution in [0, 0.1) is 0 Å². The lowest BCUT2D eigenvalue weighted by atomic mass is 10.1. The van der Waals surface area contributed by atoms with Gasteiger partial charge in [0.1, 0.15) is 10.6 Å². The molecule has 1 aromatic carbocycles. The average molecular weight is 336 g/mol. The van der Waals surface area contributed by atoms with Gasteiger partial charge < -0.3 is 14.8 Å². The second kappa shape index (κ2) is 7.63. The van der Waals surface area contributed by atoms with E-state index in [0.29, 0.717) is 13.0 Å². The van der Waals surface area contributed by atoms with E-state index in [2.05, 4.69) is 5.32 Å². The number of rotatable bonds is 7. The van der Waals surface area contributed by atoms with Crippen LogP contribution in [0.2, 0.25) is 0 Å². The smallest absolute Gasteiger partial charge is 0.265 e. The molecule has 1 amide bonds. The molecular formula is C13H18ClNO5S. The van der Waals surface area contributed by atoms with Gasteiger partial charge in [0, 0.05) is 36.0 Å². The zero-order chi connectivity index (χ0) is 16.0. The van der Waals surface area contributed by atoms with Crippen LogP contribution in [0.5, 0.6) is 5.75 Å². The minimum atomic E-state index is -4.00. The second-order valence-corrected chi connectivity index (χ2v) is 6.99. The lowest BCUT2D eigenvalue weighted by molar-refractivity contribution is 0.0929. The third-order valence-corrected chi connectivity index (χ3v) is 4.16. The Hall–Kier alpha value is -1.31. The number of carbonyl (C=O) groups excluding carboxylic acids is 1. The molecule has 1 N–H and O–H groups in total. The van der Waals surface area contributed by atoms with Crippen molar-refractivity contribution in [2.45, 2.75) is 24.3 Å². The number of halogens is 1. The summed E-state index contributed by atoms with van der Waals surface area (Å²) < 4.78 is 32.8. The molecular weight excluding hydrogens is 318 g/mol. The fourth-order valence-corrected chi connectivity index (χ4v) is 2.70. The fraction of sp³-hybridized carbons (Fsp3) is 0.462. The van der Waals surface area contributed by atoms with Crippen molar-refractivity contribution in [1.29, 1.82) is 0 Å². The van der Waals surface area contributed by atoms with E-state index >= 15 is 0 Å². The van der Waals surface area contributed by atoms with Crippen molar-refractivity contribution in [2.75, 3.05) is 20.8 Å². The summed E-state index contributed by atoms with van der Waals surface area (Å²) in [6.07, 6.45) is 0.652. The second-order valence-electron chi connectivity index (χ2n) is 4.46. The predicted octanol–water partition coefficient (Wildman–Crippen LogP) is 1.78. The Labute approximate surface area is 128 Å². The molecule has 1 rings (SSSR count). The van der Waals surface area contributed by atoms with E-state index in [9.17, 15) is 13.2 Å². The standard InChI is InChI=1S/C13H18ClNO5S/c1-9(6-7-19-2)15-13(16)10-4-5-11(20-3)12(8-10)21(14,17)18/h4-5,8-9H,6-7H2,1-3H3,(H,15,16). The Kier molecular flexibility index (Phi) is 6.44. The maximum Gasteiger partial charge on any atom is 0.265 e. The topological polar surface area (TPSA) is 81.7 Å². The number of nitrogens with one attached hydrogen (secondary N) is 1. The van der Waals surface area contributed by atoms with Crippen molar-refractivity contribution in [3.8, 4) is 5.75 Å². The lowest BCUT2D eigenvalue weighted by Crippen LogP contribution is -2.33. The molecule has 1 aromatic rings. The van der Waals surface area contributed by atoms with Crippen LogP contribution in [0.15, 0.2) is 23.1 Å². The molecule has 0 aliphatic rings. The van der Waals surface area contributed by atoms with Gasteiger partial charge in [-0.25, -0.2) is 8.42 Å². The van der Waals surface area contributed by atoms with Gasteiger partial charge in [0.15, 0.2) is 0 Å². The highest BCUT2D eigenvalue weighted by molar-refractivity contribution is 8.13. The third kappa shape index (κ3) is 5.18. The van der Waals surface area contributed by atoms with E-state index in [1.807, 2.05) is 6.92 Å². The van der Waals surface area contributed by atoms with Crippen LogP contribution in [0.25, 0.3) is 0 Å². The molecule has 0 radical (unpaired) electrons. The molecule has 0 spiro atoms. The number of benzene rings is 1. The minimum absolute atomic E-state index is 0.0916. The zero-order valence-electron chi connectivity index (χ0n) is 12.1. The van der Waals surface area contributed by atoms with Gasteiger partial charge in [-0.2, -0.15) is 0 Å². The number of carbonyl (C=O) groups is 1. The van der Waals surface area contributed by atoms with Gasteiger partial charge in [0.05, 0.1) is 7.11 Å². The van der Waals surface area contributed by atoms with Gasteiger partial charge in [0.2, 0.25) is 0 Å². The number of ether oxygens (including phenoxy) is 2. The highest BCUT2D eigenvalue weighted by Crippen LogP contribution is 2.27. The number of amides is 1. The Morgan fingerprint density at radius 3 is 2.57 bits per heavy atom. The van der Waals surface area contributed by atoms with Gasteiger partial charge in [0.25, 0.3) is 15.0 Å². The van der Waals surface area contributed by atoms with Crippen molar-refractivity contribution in [3.05, 3.63) is 23.8 Å².